The van der Waals surface area contributed by atoms with E-state index in [1.807, 2.05) is 14.0 Å². The molecule has 106 valence electrons. The normalized spacial score (nSPS) is 11.5. The second-order valence-corrected chi connectivity index (χ2v) is 6.31. The molecule has 0 spiro atoms. The maximum absolute atomic E-state index is 4.80. The maximum Gasteiger partial charge on any atom is 0.129 e. The Labute approximate surface area is 117 Å². The Balaban J connectivity index is 3.16. The average molecular weight is 261 g/mol. The van der Waals surface area contributed by atoms with Crippen LogP contribution >= 0.6 is 0 Å². The molecular weight excluding hydrogens is 234 g/mol. The number of likely N-dealkylation sites (N-methyl/N-ethyl adjacent to an activating group) is 1. The molecule has 19 heavy (non-hydrogen) atoms. The van der Waals surface area contributed by atoms with Crippen LogP contribution in [0.3, 0.4) is 0 Å². The minimum absolute atomic E-state index is 0.0581. The van der Waals surface area contributed by atoms with Gasteiger partial charge >= 0.3 is 0 Å². The molecule has 0 aromatic carbocycles. The van der Waals surface area contributed by atoms with Gasteiger partial charge in [0.25, 0.3) is 0 Å². The van der Waals surface area contributed by atoms with E-state index >= 15 is 0 Å². The van der Waals surface area contributed by atoms with E-state index in [2.05, 4.69) is 56.7 Å². The van der Waals surface area contributed by atoms with Crippen LogP contribution in [0, 0.1) is 0 Å². The zero-order chi connectivity index (χ0) is 14.6. The minimum Gasteiger partial charge on any atom is -0.356 e. The molecule has 3 heteroatoms. The number of hydrogen-bond acceptors (Lipinski definition) is 3. The SMILES string of the molecule is C=C(C)CN(C)c1cc(CNC)cc(C(C)(C)C)n1. The zero-order valence-electron chi connectivity index (χ0n) is 13.2. The molecule has 0 saturated heterocycles. The van der Waals surface area contributed by atoms with Crippen molar-refractivity contribution in [1.82, 2.24) is 10.3 Å². The lowest BCUT2D eigenvalue weighted by Crippen LogP contribution is -2.23. The van der Waals surface area contributed by atoms with E-state index in [9.17, 15) is 0 Å². The van der Waals surface area contributed by atoms with Crippen molar-refractivity contribution < 1.29 is 0 Å². The molecule has 1 heterocycles. The molecule has 0 bridgehead atoms. The summed E-state index contributed by atoms with van der Waals surface area (Å²) >= 11 is 0. The smallest absolute Gasteiger partial charge is 0.129 e. The second-order valence-electron chi connectivity index (χ2n) is 6.31. The first-order valence-electron chi connectivity index (χ1n) is 6.75. The van der Waals surface area contributed by atoms with Gasteiger partial charge in [-0.2, -0.15) is 0 Å². The van der Waals surface area contributed by atoms with Crippen LogP contribution in [-0.4, -0.2) is 25.6 Å². The largest absolute Gasteiger partial charge is 0.356 e. The molecule has 0 unspecified atom stereocenters. The Hall–Kier alpha value is -1.35. The Bertz CT molecular complexity index is 444. The van der Waals surface area contributed by atoms with Crippen molar-refractivity contribution in [2.45, 2.75) is 39.7 Å². The molecule has 1 aromatic rings. The monoisotopic (exact) mass is 261 g/mol. The van der Waals surface area contributed by atoms with Gasteiger partial charge in [0.15, 0.2) is 0 Å². The van der Waals surface area contributed by atoms with Crippen LogP contribution in [0.15, 0.2) is 24.3 Å². The van der Waals surface area contributed by atoms with Crippen LogP contribution < -0.4 is 10.2 Å². The van der Waals surface area contributed by atoms with Gasteiger partial charge in [0, 0.05) is 31.2 Å². The van der Waals surface area contributed by atoms with Crippen molar-refractivity contribution in [3.05, 3.63) is 35.5 Å². The highest BCUT2D eigenvalue weighted by Crippen LogP contribution is 2.24. The molecule has 0 atom stereocenters. The van der Waals surface area contributed by atoms with Gasteiger partial charge < -0.3 is 10.2 Å². The predicted molar refractivity (Wildman–Crippen MR) is 83.8 cm³/mol. The summed E-state index contributed by atoms with van der Waals surface area (Å²) in [5.74, 6) is 1.01. The highest BCUT2D eigenvalue weighted by Gasteiger charge is 2.18. The minimum atomic E-state index is 0.0581. The third-order valence-corrected chi connectivity index (χ3v) is 2.92. The third-order valence-electron chi connectivity index (χ3n) is 2.92. The lowest BCUT2D eigenvalue weighted by molar-refractivity contribution is 0.566. The van der Waals surface area contributed by atoms with E-state index in [4.69, 9.17) is 4.98 Å². The summed E-state index contributed by atoms with van der Waals surface area (Å²) in [6.07, 6.45) is 0. The molecule has 0 fully saturated rings. The number of rotatable bonds is 5. The number of hydrogen-bond donors (Lipinski definition) is 1. The lowest BCUT2D eigenvalue weighted by Gasteiger charge is -2.24. The fraction of sp³-hybridized carbons (Fsp3) is 0.562. The Morgan fingerprint density at radius 1 is 1.37 bits per heavy atom. The van der Waals surface area contributed by atoms with Gasteiger partial charge in [-0.1, -0.05) is 32.9 Å². The van der Waals surface area contributed by atoms with E-state index in [1.54, 1.807) is 0 Å². The van der Waals surface area contributed by atoms with Gasteiger partial charge in [-0.15, -0.1) is 0 Å². The molecule has 0 aliphatic rings. The summed E-state index contributed by atoms with van der Waals surface area (Å²) < 4.78 is 0. The molecule has 1 N–H and O–H groups in total. The molecule has 0 saturated carbocycles. The number of nitrogens with zero attached hydrogens (tertiary/aromatic N) is 2. The van der Waals surface area contributed by atoms with Crippen molar-refractivity contribution in [3.8, 4) is 0 Å². The van der Waals surface area contributed by atoms with Gasteiger partial charge in [-0.25, -0.2) is 4.98 Å². The van der Waals surface area contributed by atoms with Crippen molar-refractivity contribution in [2.24, 2.45) is 0 Å². The number of anilines is 1. The standard InChI is InChI=1S/C16H27N3/c1-12(2)11-19(7)15-9-13(10-17-6)8-14(18-15)16(3,4)5/h8-9,17H,1,10-11H2,2-7H3. The summed E-state index contributed by atoms with van der Waals surface area (Å²) in [5.41, 5.74) is 3.60. The zero-order valence-corrected chi connectivity index (χ0v) is 13.2. The first-order chi connectivity index (χ1) is 8.74. The van der Waals surface area contributed by atoms with Gasteiger partial charge in [0.1, 0.15) is 5.82 Å². The van der Waals surface area contributed by atoms with Gasteiger partial charge in [-0.3, -0.25) is 0 Å². The molecule has 1 aromatic heterocycles. The molecule has 0 amide bonds. The van der Waals surface area contributed by atoms with Crippen molar-refractivity contribution in [2.75, 3.05) is 25.5 Å². The molecule has 0 radical (unpaired) electrons. The maximum atomic E-state index is 4.80. The summed E-state index contributed by atoms with van der Waals surface area (Å²) in [6, 6.07) is 4.34. The summed E-state index contributed by atoms with van der Waals surface area (Å²) in [4.78, 5) is 6.95. The number of aromatic nitrogens is 1. The summed E-state index contributed by atoms with van der Waals surface area (Å²) in [7, 11) is 4.03. The van der Waals surface area contributed by atoms with Gasteiger partial charge in [-0.05, 0) is 31.7 Å². The number of nitrogens with one attached hydrogen (secondary N) is 1. The highest BCUT2D eigenvalue weighted by atomic mass is 15.2. The number of pyridine rings is 1. The van der Waals surface area contributed by atoms with E-state index in [1.165, 1.54) is 5.56 Å². The van der Waals surface area contributed by atoms with Crippen LogP contribution in [0.25, 0.3) is 0 Å². The van der Waals surface area contributed by atoms with Crippen LogP contribution in [-0.2, 0) is 12.0 Å². The van der Waals surface area contributed by atoms with Gasteiger partial charge in [0.05, 0.1) is 0 Å². The predicted octanol–water partition coefficient (Wildman–Crippen LogP) is 3.11. The van der Waals surface area contributed by atoms with E-state index in [0.29, 0.717) is 0 Å². The van der Waals surface area contributed by atoms with Crippen molar-refractivity contribution in [1.29, 1.82) is 0 Å². The highest BCUT2D eigenvalue weighted by molar-refractivity contribution is 5.44. The van der Waals surface area contributed by atoms with Crippen LogP contribution in [0.2, 0.25) is 0 Å². The second kappa shape index (κ2) is 6.20. The third kappa shape index (κ3) is 4.67. The summed E-state index contributed by atoms with van der Waals surface area (Å²) in [5, 5.41) is 3.21. The van der Waals surface area contributed by atoms with Crippen molar-refractivity contribution >= 4 is 5.82 Å². The van der Waals surface area contributed by atoms with E-state index in [0.717, 1.165) is 30.2 Å². The van der Waals surface area contributed by atoms with Crippen LogP contribution in [0.4, 0.5) is 5.82 Å². The van der Waals surface area contributed by atoms with Crippen molar-refractivity contribution in [3.63, 3.8) is 0 Å². The fourth-order valence-corrected chi connectivity index (χ4v) is 1.94. The molecule has 1 rings (SSSR count). The van der Waals surface area contributed by atoms with E-state index in [-0.39, 0.29) is 5.41 Å². The van der Waals surface area contributed by atoms with Crippen LogP contribution in [0.1, 0.15) is 39.0 Å². The quantitative estimate of drug-likeness (QED) is 0.826. The average Bonchev–Trinajstić information content (AvgIpc) is 2.27. The van der Waals surface area contributed by atoms with Crippen LogP contribution in [0.5, 0.6) is 0 Å². The molecule has 0 aliphatic carbocycles. The Morgan fingerprint density at radius 2 is 2.00 bits per heavy atom. The molecule has 0 aliphatic heterocycles. The first-order valence-corrected chi connectivity index (χ1v) is 6.75. The lowest BCUT2D eigenvalue weighted by atomic mass is 9.90. The summed E-state index contributed by atoms with van der Waals surface area (Å²) in [6.45, 7) is 14.3. The van der Waals surface area contributed by atoms with E-state index < -0.39 is 0 Å². The first kappa shape index (κ1) is 15.7. The topological polar surface area (TPSA) is 28.2 Å². The molecular formula is C16H27N3. The fourth-order valence-electron chi connectivity index (χ4n) is 1.94. The Morgan fingerprint density at radius 3 is 2.47 bits per heavy atom. The van der Waals surface area contributed by atoms with Gasteiger partial charge in [0.2, 0.25) is 0 Å². The molecule has 3 nitrogen and oxygen atoms in total. The Kier molecular flexibility index (Phi) is 5.12.